The SMILES string of the molecule is CC(=O)O[C@H](C)C(=O)NCCc1c[nH]c2ccc(C)cc12. The van der Waals surface area contributed by atoms with E-state index in [4.69, 9.17) is 4.74 Å². The zero-order valence-corrected chi connectivity index (χ0v) is 12.5. The largest absolute Gasteiger partial charge is 0.453 e. The van der Waals surface area contributed by atoms with E-state index in [0.717, 1.165) is 17.5 Å². The van der Waals surface area contributed by atoms with Gasteiger partial charge in [-0.3, -0.25) is 9.59 Å². The highest BCUT2D eigenvalue weighted by Gasteiger charge is 2.15. The molecule has 2 rings (SSSR count). The Morgan fingerprint density at radius 1 is 1.38 bits per heavy atom. The third kappa shape index (κ3) is 3.84. The van der Waals surface area contributed by atoms with E-state index in [1.807, 2.05) is 6.20 Å². The molecule has 21 heavy (non-hydrogen) atoms. The van der Waals surface area contributed by atoms with Gasteiger partial charge in [-0.15, -0.1) is 0 Å². The number of H-pyrrole nitrogens is 1. The van der Waals surface area contributed by atoms with Gasteiger partial charge in [0.1, 0.15) is 0 Å². The Morgan fingerprint density at radius 3 is 2.86 bits per heavy atom. The number of rotatable bonds is 5. The number of nitrogens with one attached hydrogen (secondary N) is 2. The van der Waals surface area contributed by atoms with Crippen molar-refractivity contribution < 1.29 is 14.3 Å². The van der Waals surface area contributed by atoms with Gasteiger partial charge in [-0.05, 0) is 38.0 Å². The number of benzene rings is 1. The Hall–Kier alpha value is -2.30. The average Bonchev–Trinajstić information content (AvgIpc) is 2.80. The first kappa shape index (κ1) is 15.1. The normalized spacial score (nSPS) is 12.1. The number of ether oxygens (including phenoxy) is 1. The first-order chi connectivity index (χ1) is 9.97. The molecule has 1 aromatic heterocycles. The average molecular weight is 288 g/mol. The van der Waals surface area contributed by atoms with Crippen LogP contribution in [0.5, 0.6) is 0 Å². The van der Waals surface area contributed by atoms with Gasteiger partial charge in [-0.1, -0.05) is 11.6 Å². The fraction of sp³-hybridized carbons (Fsp3) is 0.375. The van der Waals surface area contributed by atoms with Crippen LogP contribution in [-0.4, -0.2) is 29.5 Å². The molecule has 2 N–H and O–H groups in total. The number of esters is 1. The van der Waals surface area contributed by atoms with Crippen molar-refractivity contribution in [1.29, 1.82) is 0 Å². The molecule has 0 fully saturated rings. The fourth-order valence-electron chi connectivity index (χ4n) is 2.27. The van der Waals surface area contributed by atoms with E-state index in [9.17, 15) is 9.59 Å². The first-order valence-electron chi connectivity index (χ1n) is 6.99. The van der Waals surface area contributed by atoms with Gasteiger partial charge < -0.3 is 15.0 Å². The molecule has 2 aromatic rings. The lowest BCUT2D eigenvalue weighted by Gasteiger charge is -2.11. The van der Waals surface area contributed by atoms with Gasteiger partial charge >= 0.3 is 5.97 Å². The number of hydrogen-bond donors (Lipinski definition) is 2. The number of carbonyl (C=O) groups is 2. The smallest absolute Gasteiger partial charge is 0.303 e. The van der Waals surface area contributed by atoms with Gasteiger partial charge in [-0.2, -0.15) is 0 Å². The van der Waals surface area contributed by atoms with E-state index in [1.54, 1.807) is 6.92 Å². The number of carbonyl (C=O) groups excluding carboxylic acids is 2. The van der Waals surface area contributed by atoms with Crippen molar-refractivity contribution in [1.82, 2.24) is 10.3 Å². The van der Waals surface area contributed by atoms with Gasteiger partial charge in [0, 0.05) is 30.6 Å². The zero-order chi connectivity index (χ0) is 15.4. The predicted octanol–water partition coefficient (Wildman–Crippen LogP) is 2.09. The molecule has 112 valence electrons. The van der Waals surface area contributed by atoms with Crippen molar-refractivity contribution in [3.05, 3.63) is 35.5 Å². The van der Waals surface area contributed by atoms with Crippen LogP contribution >= 0.6 is 0 Å². The van der Waals surface area contributed by atoms with Crippen LogP contribution in [0.25, 0.3) is 10.9 Å². The molecule has 0 unspecified atom stereocenters. The highest BCUT2D eigenvalue weighted by Crippen LogP contribution is 2.19. The molecular formula is C16H20N2O3. The summed E-state index contributed by atoms with van der Waals surface area (Å²) >= 11 is 0. The zero-order valence-electron chi connectivity index (χ0n) is 12.5. The monoisotopic (exact) mass is 288 g/mol. The van der Waals surface area contributed by atoms with Gasteiger partial charge in [0.25, 0.3) is 5.91 Å². The second kappa shape index (κ2) is 6.43. The lowest BCUT2D eigenvalue weighted by molar-refractivity contribution is -0.152. The van der Waals surface area contributed by atoms with E-state index < -0.39 is 12.1 Å². The second-order valence-corrected chi connectivity index (χ2v) is 5.16. The van der Waals surface area contributed by atoms with Crippen LogP contribution in [-0.2, 0) is 20.7 Å². The summed E-state index contributed by atoms with van der Waals surface area (Å²) in [4.78, 5) is 25.7. The molecule has 0 aliphatic heterocycles. The Labute approximate surface area is 123 Å². The number of aryl methyl sites for hydroxylation is 1. The summed E-state index contributed by atoms with van der Waals surface area (Å²) in [6, 6.07) is 6.24. The summed E-state index contributed by atoms with van der Waals surface area (Å²) in [6.45, 7) is 5.41. The molecular weight excluding hydrogens is 268 g/mol. The van der Waals surface area contributed by atoms with Crippen LogP contribution in [0.4, 0.5) is 0 Å². The maximum absolute atomic E-state index is 11.7. The summed E-state index contributed by atoms with van der Waals surface area (Å²) in [5.41, 5.74) is 3.46. The van der Waals surface area contributed by atoms with Gasteiger partial charge in [-0.25, -0.2) is 0 Å². The van der Waals surface area contributed by atoms with Gasteiger partial charge in [0.2, 0.25) is 0 Å². The summed E-state index contributed by atoms with van der Waals surface area (Å²) in [5, 5.41) is 3.95. The maximum Gasteiger partial charge on any atom is 0.303 e. The Bertz CT molecular complexity index is 661. The lowest BCUT2D eigenvalue weighted by Crippen LogP contribution is -2.36. The van der Waals surface area contributed by atoms with E-state index >= 15 is 0 Å². The van der Waals surface area contributed by atoms with E-state index in [1.165, 1.54) is 17.9 Å². The minimum absolute atomic E-state index is 0.277. The van der Waals surface area contributed by atoms with Gasteiger partial charge in [0.05, 0.1) is 0 Å². The maximum atomic E-state index is 11.7. The molecule has 0 bridgehead atoms. The van der Waals surface area contributed by atoms with Crippen LogP contribution in [0.1, 0.15) is 25.0 Å². The molecule has 0 saturated carbocycles. The molecule has 0 aliphatic rings. The minimum Gasteiger partial charge on any atom is -0.453 e. The van der Waals surface area contributed by atoms with Crippen molar-refractivity contribution in [2.45, 2.75) is 33.3 Å². The number of aromatic nitrogens is 1. The quantitative estimate of drug-likeness (QED) is 0.828. The van der Waals surface area contributed by atoms with Crippen molar-refractivity contribution in [2.75, 3.05) is 6.54 Å². The molecule has 0 radical (unpaired) electrons. The second-order valence-electron chi connectivity index (χ2n) is 5.16. The Kier molecular flexibility index (Phi) is 4.62. The van der Waals surface area contributed by atoms with Crippen LogP contribution < -0.4 is 5.32 Å². The fourth-order valence-corrected chi connectivity index (χ4v) is 2.27. The highest BCUT2D eigenvalue weighted by molar-refractivity contribution is 5.84. The standard InChI is InChI=1S/C16H20N2O3/c1-10-4-5-15-14(8-10)13(9-18-15)6-7-17-16(20)11(2)21-12(3)19/h4-5,8-9,11,18H,6-7H2,1-3H3,(H,17,20)/t11-/m1/s1. The molecule has 0 spiro atoms. The van der Waals surface area contributed by atoms with Crippen molar-refractivity contribution in [3.63, 3.8) is 0 Å². The third-order valence-corrected chi connectivity index (χ3v) is 3.33. The molecule has 1 atom stereocenters. The summed E-state index contributed by atoms with van der Waals surface area (Å²) in [5.74, 6) is -0.731. The summed E-state index contributed by atoms with van der Waals surface area (Å²) in [6.07, 6.45) is 1.93. The molecule has 1 amide bonds. The van der Waals surface area contributed by atoms with E-state index in [0.29, 0.717) is 6.54 Å². The van der Waals surface area contributed by atoms with Crippen molar-refractivity contribution in [3.8, 4) is 0 Å². The first-order valence-corrected chi connectivity index (χ1v) is 6.99. The number of fused-ring (bicyclic) bond motifs is 1. The molecule has 0 saturated heterocycles. The number of hydrogen-bond acceptors (Lipinski definition) is 3. The number of amides is 1. The minimum atomic E-state index is -0.757. The molecule has 1 aromatic carbocycles. The molecule has 0 aliphatic carbocycles. The van der Waals surface area contributed by atoms with E-state index in [-0.39, 0.29) is 5.91 Å². The molecule has 1 heterocycles. The number of aromatic amines is 1. The topological polar surface area (TPSA) is 71.2 Å². The Balaban J connectivity index is 1.92. The predicted molar refractivity (Wildman–Crippen MR) is 81.0 cm³/mol. The van der Waals surface area contributed by atoms with E-state index in [2.05, 4.69) is 35.4 Å². The molecule has 5 nitrogen and oxygen atoms in total. The Morgan fingerprint density at radius 2 is 2.14 bits per heavy atom. The van der Waals surface area contributed by atoms with Crippen LogP contribution in [0, 0.1) is 6.92 Å². The van der Waals surface area contributed by atoms with Crippen molar-refractivity contribution in [2.24, 2.45) is 0 Å². The van der Waals surface area contributed by atoms with Crippen LogP contribution in [0.2, 0.25) is 0 Å². The molecule has 5 heteroatoms. The van der Waals surface area contributed by atoms with Gasteiger partial charge in [0.15, 0.2) is 6.10 Å². The van der Waals surface area contributed by atoms with Crippen LogP contribution in [0.15, 0.2) is 24.4 Å². The third-order valence-electron chi connectivity index (χ3n) is 3.33. The summed E-state index contributed by atoms with van der Waals surface area (Å²) < 4.78 is 4.83. The lowest BCUT2D eigenvalue weighted by atomic mass is 10.1. The highest BCUT2D eigenvalue weighted by atomic mass is 16.5. The van der Waals surface area contributed by atoms with Crippen molar-refractivity contribution >= 4 is 22.8 Å². The van der Waals surface area contributed by atoms with Crippen LogP contribution in [0.3, 0.4) is 0 Å². The summed E-state index contributed by atoms with van der Waals surface area (Å²) in [7, 11) is 0.